The van der Waals surface area contributed by atoms with E-state index >= 15 is 0 Å². The highest BCUT2D eigenvalue weighted by Gasteiger charge is 2.58. The maximum Gasteiger partial charge on any atom is 0.332 e. The second-order valence-electron chi connectivity index (χ2n) is 8.24. The number of benzene rings is 1. The Morgan fingerprint density at radius 2 is 1.83 bits per heavy atom. The largest absolute Gasteiger partial charge is 0.478 e. The fourth-order valence-electron chi connectivity index (χ4n) is 3.50. The topological polar surface area (TPSA) is 102 Å². The molecule has 1 heterocycles. The average Bonchev–Trinajstić information content (AvgIpc) is 2.73. The van der Waals surface area contributed by atoms with Crippen molar-refractivity contribution >= 4 is 33.3 Å². The number of ether oxygens (including phenoxy) is 2. The zero-order valence-electron chi connectivity index (χ0n) is 16.5. The standard InChI is InChI=1S/C19H23ClFNO6S/c1-17(2)18(3,4)28-19(27-17)8-7-15(12(10-19)16(23)24)29(25,26)22-14-6-5-11(21)9-13(14)20/h5-6,9-10,15,22H,7-8H2,1-4H3,(H,23,24). The fraction of sp³-hybridized carbons (Fsp3) is 0.526. The molecule has 1 aliphatic heterocycles. The first-order valence-electron chi connectivity index (χ1n) is 9.01. The van der Waals surface area contributed by atoms with Crippen molar-refractivity contribution in [3.63, 3.8) is 0 Å². The number of sulfonamides is 1. The van der Waals surface area contributed by atoms with Gasteiger partial charge in [-0.1, -0.05) is 11.6 Å². The number of halogens is 2. The zero-order valence-corrected chi connectivity index (χ0v) is 18.0. The highest BCUT2D eigenvalue weighted by Crippen LogP contribution is 2.49. The van der Waals surface area contributed by atoms with E-state index in [1.165, 1.54) is 12.1 Å². The molecule has 2 aliphatic rings. The highest BCUT2D eigenvalue weighted by atomic mass is 35.5. The summed E-state index contributed by atoms with van der Waals surface area (Å²) in [4.78, 5) is 11.9. The maximum atomic E-state index is 13.2. The Morgan fingerprint density at radius 3 is 2.34 bits per heavy atom. The van der Waals surface area contributed by atoms with Gasteiger partial charge in [-0.05, 0) is 58.4 Å². The molecular weight excluding hydrogens is 425 g/mol. The van der Waals surface area contributed by atoms with Crippen LogP contribution in [0.4, 0.5) is 10.1 Å². The number of hydrogen-bond acceptors (Lipinski definition) is 5. The zero-order chi connectivity index (χ0) is 21.8. The van der Waals surface area contributed by atoms with Gasteiger partial charge in [0.25, 0.3) is 0 Å². The van der Waals surface area contributed by atoms with Gasteiger partial charge in [-0.25, -0.2) is 17.6 Å². The van der Waals surface area contributed by atoms with Gasteiger partial charge in [0.05, 0.1) is 27.5 Å². The van der Waals surface area contributed by atoms with Crippen LogP contribution in [0, 0.1) is 5.82 Å². The van der Waals surface area contributed by atoms with Gasteiger partial charge in [-0.2, -0.15) is 0 Å². The van der Waals surface area contributed by atoms with Crippen molar-refractivity contribution in [1.29, 1.82) is 0 Å². The molecule has 2 N–H and O–H groups in total. The van der Waals surface area contributed by atoms with Crippen LogP contribution in [0.25, 0.3) is 0 Å². The Hall–Kier alpha value is -1.68. The van der Waals surface area contributed by atoms with E-state index in [0.29, 0.717) is 0 Å². The van der Waals surface area contributed by atoms with Crippen LogP contribution in [0.3, 0.4) is 0 Å². The first-order chi connectivity index (χ1) is 13.2. The lowest BCUT2D eigenvalue weighted by atomic mass is 9.90. The third-order valence-corrected chi connectivity index (χ3v) is 7.64. The van der Waals surface area contributed by atoms with E-state index in [9.17, 15) is 22.7 Å². The van der Waals surface area contributed by atoms with E-state index in [-0.39, 0.29) is 29.1 Å². The van der Waals surface area contributed by atoms with Crippen LogP contribution < -0.4 is 4.72 Å². The lowest BCUT2D eigenvalue weighted by Gasteiger charge is -2.34. The van der Waals surface area contributed by atoms with E-state index in [1.807, 2.05) is 27.7 Å². The Labute approximate surface area is 173 Å². The van der Waals surface area contributed by atoms with E-state index in [0.717, 1.165) is 12.1 Å². The number of hydrogen-bond donors (Lipinski definition) is 2. The van der Waals surface area contributed by atoms with Gasteiger partial charge in [0.15, 0.2) is 5.79 Å². The minimum absolute atomic E-state index is 0.0336. The molecule has 0 radical (unpaired) electrons. The van der Waals surface area contributed by atoms with Crippen LogP contribution in [0.15, 0.2) is 29.8 Å². The van der Waals surface area contributed by atoms with Gasteiger partial charge in [-0.3, -0.25) is 4.72 Å². The predicted molar refractivity (Wildman–Crippen MR) is 106 cm³/mol. The van der Waals surface area contributed by atoms with E-state index in [2.05, 4.69) is 4.72 Å². The van der Waals surface area contributed by atoms with E-state index in [4.69, 9.17) is 21.1 Å². The van der Waals surface area contributed by atoms with Gasteiger partial charge in [-0.15, -0.1) is 0 Å². The second-order valence-corrected chi connectivity index (χ2v) is 10.5. The number of nitrogens with one attached hydrogen (secondary N) is 1. The molecule has 1 saturated heterocycles. The summed E-state index contributed by atoms with van der Waals surface area (Å²) in [6, 6.07) is 3.20. The van der Waals surface area contributed by atoms with Crippen molar-refractivity contribution in [2.45, 2.75) is 62.8 Å². The minimum atomic E-state index is -4.19. The molecule has 1 aromatic carbocycles. The van der Waals surface area contributed by atoms with Gasteiger partial charge < -0.3 is 14.6 Å². The van der Waals surface area contributed by atoms with E-state index < -0.39 is 44.0 Å². The number of anilines is 1. The first-order valence-corrected chi connectivity index (χ1v) is 10.9. The van der Waals surface area contributed by atoms with Crippen molar-refractivity contribution in [3.05, 3.63) is 40.7 Å². The number of rotatable bonds is 4. The van der Waals surface area contributed by atoms with Crippen LogP contribution in [0.1, 0.15) is 40.5 Å². The lowest BCUT2D eigenvalue weighted by Crippen LogP contribution is -2.42. The van der Waals surface area contributed by atoms with Crippen LogP contribution >= 0.6 is 11.6 Å². The number of carbonyl (C=O) groups is 1. The number of carboxylic acids is 1. The molecule has 160 valence electrons. The third kappa shape index (κ3) is 4.01. The SMILES string of the molecule is CC1(C)OC2(C=C(C(=O)O)C(S(=O)(=O)Nc3ccc(F)cc3Cl)CC2)OC1(C)C. The Morgan fingerprint density at radius 1 is 1.24 bits per heavy atom. The summed E-state index contributed by atoms with van der Waals surface area (Å²) >= 11 is 5.90. The minimum Gasteiger partial charge on any atom is -0.478 e. The van der Waals surface area contributed by atoms with Crippen molar-refractivity contribution in [2.75, 3.05) is 4.72 Å². The Balaban J connectivity index is 1.96. The molecule has 1 fully saturated rings. The van der Waals surface area contributed by atoms with Crippen molar-refractivity contribution in [2.24, 2.45) is 0 Å². The van der Waals surface area contributed by atoms with Crippen LogP contribution in [0.5, 0.6) is 0 Å². The molecule has 1 unspecified atom stereocenters. The fourth-order valence-corrected chi connectivity index (χ4v) is 5.33. The maximum absolute atomic E-state index is 13.2. The van der Waals surface area contributed by atoms with Gasteiger partial charge in [0.2, 0.25) is 10.0 Å². The molecule has 1 spiro atoms. The first kappa shape index (κ1) is 22.0. The van der Waals surface area contributed by atoms with Crippen LogP contribution in [-0.2, 0) is 24.3 Å². The monoisotopic (exact) mass is 447 g/mol. The molecule has 0 saturated carbocycles. The third-order valence-electron chi connectivity index (χ3n) is 5.59. The molecule has 0 bridgehead atoms. The highest BCUT2D eigenvalue weighted by molar-refractivity contribution is 7.93. The number of carboxylic acid groups (broad SMARTS) is 1. The Bertz CT molecular complexity index is 972. The second kappa shape index (κ2) is 6.94. The predicted octanol–water partition coefficient (Wildman–Crippen LogP) is 3.69. The van der Waals surface area contributed by atoms with Crippen LogP contribution in [0.2, 0.25) is 5.02 Å². The summed E-state index contributed by atoms with van der Waals surface area (Å²) in [5.74, 6) is -3.33. The van der Waals surface area contributed by atoms with Crippen molar-refractivity contribution in [1.82, 2.24) is 0 Å². The van der Waals surface area contributed by atoms with Crippen molar-refractivity contribution in [3.8, 4) is 0 Å². The summed E-state index contributed by atoms with van der Waals surface area (Å²) in [6.45, 7) is 7.32. The van der Waals surface area contributed by atoms with E-state index in [1.54, 1.807) is 0 Å². The Kier molecular flexibility index (Phi) is 5.27. The molecule has 1 aromatic rings. The molecule has 3 rings (SSSR count). The summed E-state index contributed by atoms with van der Waals surface area (Å²) in [6.07, 6.45) is 1.35. The molecule has 1 atom stereocenters. The molecule has 10 heteroatoms. The van der Waals surface area contributed by atoms with Crippen molar-refractivity contribution < 1.29 is 32.2 Å². The number of aliphatic carboxylic acids is 1. The normalized spacial score (nSPS) is 24.9. The molecular formula is C19H23ClFNO6S. The molecule has 29 heavy (non-hydrogen) atoms. The lowest BCUT2D eigenvalue weighted by molar-refractivity contribution is -0.164. The molecule has 7 nitrogen and oxygen atoms in total. The molecule has 0 amide bonds. The van der Waals surface area contributed by atoms with Gasteiger partial charge in [0.1, 0.15) is 11.1 Å². The molecule has 1 aliphatic carbocycles. The smallest absolute Gasteiger partial charge is 0.332 e. The molecule has 0 aromatic heterocycles. The summed E-state index contributed by atoms with van der Waals surface area (Å²) < 4.78 is 53.4. The quantitative estimate of drug-likeness (QED) is 0.729. The summed E-state index contributed by atoms with van der Waals surface area (Å²) in [5, 5.41) is 8.20. The van der Waals surface area contributed by atoms with Gasteiger partial charge in [0, 0.05) is 6.42 Å². The summed E-state index contributed by atoms with van der Waals surface area (Å²) in [5.41, 5.74) is -1.80. The van der Waals surface area contributed by atoms with Gasteiger partial charge >= 0.3 is 5.97 Å². The van der Waals surface area contributed by atoms with Crippen LogP contribution in [-0.4, -0.2) is 41.7 Å². The summed E-state index contributed by atoms with van der Waals surface area (Å²) in [7, 11) is -4.19. The average molecular weight is 448 g/mol.